The third-order valence-electron chi connectivity index (χ3n) is 4.13. The molecule has 0 saturated carbocycles. The minimum Gasteiger partial charge on any atom is -0.496 e. The molecule has 2 aromatic carbocycles. The summed E-state index contributed by atoms with van der Waals surface area (Å²) in [7, 11) is 3.23. The zero-order valence-corrected chi connectivity index (χ0v) is 15.8. The first-order valence-corrected chi connectivity index (χ1v) is 8.83. The van der Waals surface area contributed by atoms with Crippen LogP contribution >= 0.6 is 0 Å². The van der Waals surface area contributed by atoms with Crippen molar-refractivity contribution in [3.8, 4) is 11.5 Å². The summed E-state index contributed by atoms with van der Waals surface area (Å²) < 4.78 is 10.6. The number of aromatic nitrogens is 2. The lowest BCUT2D eigenvalue weighted by Crippen LogP contribution is -2.26. The Balaban J connectivity index is 1.56. The molecular weight excluding hydrogens is 356 g/mol. The minimum absolute atomic E-state index is 0.255. The number of anilines is 2. The minimum atomic E-state index is -0.272. The van der Waals surface area contributed by atoms with E-state index in [-0.39, 0.29) is 11.6 Å². The van der Waals surface area contributed by atoms with Crippen LogP contribution in [0.2, 0.25) is 0 Å². The number of amides is 1. The van der Waals surface area contributed by atoms with Gasteiger partial charge in [-0.3, -0.25) is 4.79 Å². The zero-order chi connectivity index (χ0) is 19.8. The highest BCUT2D eigenvalue weighted by atomic mass is 16.5. The summed E-state index contributed by atoms with van der Waals surface area (Å²) in [5.74, 6) is 1.76. The zero-order valence-electron chi connectivity index (χ0n) is 15.8. The normalized spacial score (nSPS) is 10.2. The topological polar surface area (TPSA) is 85.4 Å². The van der Waals surface area contributed by atoms with Crippen molar-refractivity contribution in [3.63, 3.8) is 0 Å². The number of methoxy groups -OCH3 is 2. The maximum Gasteiger partial charge on any atom is 0.271 e. The first kappa shape index (κ1) is 19.2. The van der Waals surface area contributed by atoms with Gasteiger partial charge in [-0.1, -0.05) is 30.3 Å². The Bertz CT molecular complexity index is 929. The summed E-state index contributed by atoms with van der Waals surface area (Å²) >= 11 is 0. The van der Waals surface area contributed by atoms with Crippen LogP contribution in [0.5, 0.6) is 11.5 Å². The molecule has 1 aromatic heterocycles. The number of hydrogen-bond acceptors (Lipinski definition) is 6. The first-order valence-electron chi connectivity index (χ1n) is 8.83. The largest absolute Gasteiger partial charge is 0.496 e. The van der Waals surface area contributed by atoms with E-state index in [4.69, 9.17) is 9.47 Å². The Kier molecular flexibility index (Phi) is 6.41. The van der Waals surface area contributed by atoms with Gasteiger partial charge < -0.3 is 20.1 Å². The van der Waals surface area contributed by atoms with Crippen molar-refractivity contribution in [2.75, 3.05) is 26.1 Å². The average Bonchev–Trinajstić information content (AvgIpc) is 2.75. The van der Waals surface area contributed by atoms with E-state index in [1.54, 1.807) is 14.2 Å². The van der Waals surface area contributed by atoms with Gasteiger partial charge in [0.1, 0.15) is 23.0 Å². The van der Waals surface area contributed by atoms with Crippen molar-refractivity contribution < 1.29 is 14.3 Å². The highest BCUT2D eigenvalue weighted by Gasteiger charge is 2.09. The fraction of sp³-hybridized carbons (Fsp3) is 0.190. The van der Waals surface area contributed by atoms with Crippen LogP contribution in [0, 0.1) is 0 Å². The van der Waals surface area contributed by atoms with E-state index in [1.165, 1.54) is 12.4 Å². The van der Waals surface area contributed by atoms with Gasteiger partial charge in [-0.05, 0) is 30.2 Å². The molecule has 0 aliphatic heterocycles. The van der Waals surface area contributed by atoms with Crippen LogP contribution in [0.3, 0.4) is 0 Å². The Hall–Kier alpha value is -3.61. The molecule has 28 heavy (non-hydrogen) atoms. The standard InChI is InChI=1S/C21H22N4O3/c1-27-18-9-5-3-7-15(18)11-12-22-21(26)17-13-24-20(14-23-17)25-16-8-4-6-10-19(16)28-2/h3-10,13-14H,11-12H2,1-2H3,(H,22,26)(H,24,25). The molecule has 0 atom stereocenters. The smallest absolute Gasteiger partial charge is 0.271 e. The molecule has 1 amide bonds. The summed E-state index contributed by atoms with van der Waals surface area (Å²) in [6.07, 6.45) is 3.62. The van der Waals surface area contributed by atoms with E-state index >= 15 is 0 Å². The molecule has 0 saturated heterocycles. The molecule has 3 aromatic rings. The maximum atomic E-state index is 12.3. The Morgan fingerprint density at radius 3 is 2.36 bits per heavy atom. The van der Waals surface area contributed by atoms with Crippen molar-refractivity contribution in [1.82, 2.24) is 15.3 Å². The van der Waals surface area contributed by atoms with E-state index in [1.807, 2.05) is 48.5 Å². The third-order valence-corrected chi connectivity index (χ3v) is 4.13. The molecule has 2 N–H and O–H groups in total. The van der Waals surface area contributed by atoms with Crippen LogP contribution in [0.4, 0.5) is 11.5 Å². The molecule has 7 nitrogen and oxygen atoms in total. The van der Waals surface area contributed by atoms with E-state index in [0.29, 0.717) is 24.5 Å². The number of hydrogen-bond donors (Lipinski definition) is 2. The lowest BCUT2D eigenvalue weighted by Gasteiger charge is -2.10. The number of nitrogens with one attached hydrogen (secondary N) is 2. The van der Waals surface area contributed by atoms with Crippen molar-refractivity contribution >= 4 is 17.4 Å². The van der Waals surface area contributed by atoms with Gasteiger partial charge in [0.25, 0.3) is 5.91 Å². The molecule has 0 fully saturated rings. The molecule has 0 radical (unpaired) electrons. The first-order chi connectivity index (χ1) is 13.7. The molecule has 0 bridgehead atoms. The molecule has 0 aliphatic carbocycles. The van der Waals surface area contributed by atoms with E-state index in [9.17, 15) is 4.79 Å². The monoisotopic (exact) mass is 378 g/mol. The predicted octanol–water partition coefficient (Wildman–Crippen LogP) is 3.21. The molecule has 0 aliphatic rings. The highest BCUT2D eigenvalue weighted by Crippen LogP contribution is 2.25. The van der Waals surface area contributed by atoms with Crippen LogP contribution in [0.15, 0.2) is 60.9 Å². The lowest BCUT2D eigenvalue weighted by molar-refractivity contribution is 0.0948. The number of carbonyl (C=O) groups is 1. The number of ether oxygens (including phenoxy) is 2. The van der Waals surface area contributed by atoms with E-state index < -0.39 is 0 Å². The van der Waals surface area contributed by atoms with E-state index in [2.05, 4.69) is 20.6 Å². The summed E-state index contributed by atoms with van der Waals surface area (Å²) in [6, 6.07) is 15.2. The van der Waals surface area contributed by atoms with Crippen molar-refractivity contribution in [1.29, 1.82) is 0 Å². The molecular formula is C21H22N4O3. The molecule has 0 unspecified atom stereocenters. The van der Waals surface area contributed by atoms with Gasteiger partial charge in [-0.2, -0.15) is 0 Å². The van der Waals surface area contributed by atoms with Gasteiger partial charge in [0.15, 0.2) is 0 Å². The Labute approximate surface area is 163 Å². The number of carbonyl (C=O) groups excluding carboxylic acids is 1. The molecule has 144 valence electrons. The van der Waals surface area contributed by atoms with Crippen LogP contribution in [-0.2, 0) is 6.42 Å². The lowest BCUT2D eigenvalue weighted by atomic mass is 10.1. The number of benzene rings is 2. The van der Waals surface area contributed by atoms with Gasteiger partial charge in [-0.15, -0.1) is 0 Å². The van der Waals surface area contributed by atoms with Crippen LogP contribution in [-0.4, -0.2) is 36.6 Å². The van der Waals surface area contributed by atoms with Crippen LogP contribution in [0.1, 0.15) is 16.1 Å². The molecule has 1 heterocycles. The third kappa shape index (κ3) is 4.76. The molecule has 0 spiro atoms. The number of rotatable bonds is 8. The Morgan fingerprint density at radius 2 is 1.64 bits per heavy atom. The average molecular weight is 378 g/mol. The SMILES string of the molecule is COc1ccccc1CCNC(=O)c1cnc(Nc2ccccc2OC)cn1. The summed E-state index contributed by atoms with van der Waals surface area (Å²) in [6.45, 7) is 0.474. The van der Waals surface area contributed by atoms with E-state index in [0.717, 1.165) is 17.0 Å². The van der Waals surface area contributed by atoms with Crippen molar-refractivity contribution in [3.05, 3.63) is 72.2 Å². The quantitative estimate of drug-likeness (QED) is 0.626. The second-order valence-corrected chi connectivity index (χ2v) is 5.93. The number of para-hydroxylation sites is 3. The van der Waals surface area contributed by atoms with Crippen molar-refractivity contribution in [2.45, 2.75) is 6.42 Å². The highest BCUT2D eigenvalue weighted by molar-refractivity contribution is 5.92. The molecule has 3 rings (SSSR count). The van der Waals surface area contributed by atoms with Gasteiger partial charge in [0, 0.05) is 6.54 Å². The van der Waals surface area contributed by atoms with Crippen molar-refractivity contribution in [2.24, 2.45) is 0 Å². The second-order valence-electron chi connectivity index (χ2n) is 5.93. The fourth-order valence-corrected chi connectivity index (χ4v) is 2.71. The van der Waals surface area contributed by atoms with Crippen LogP contribution < -0.4 is 20.1 Å². The number of nitrogens with zero attached hydrogens (tertiary/aromatic N) is 2. The summed E-state index contributed by atoms with van der Waals surface area (Å²) in [5, 5.41) is 5.97. The molecule has 7 heteroatoms. The summed E-state index contributed by atoms with van der Waals surface area (Å²) in [4.78, 5) is 20.7. The Morgan fingerprint density at radius 1 is 0.929 bits per heavy atom. The fourth-order valence-electron chi connectivity index (χ4n) is 2.71. The second kappa shape index (κ2) is 9.36. The maximum absolute atomic E-state index is 12.3. The summed E-state index contributed by atoms with van der Waals surface area (Å²) in [5.41, 5.74) is 2.06. The predicted molar refractivity (Wildman–Crippen MR) is 107 cm³/mol. The van der Waals surface area contributed by atoms with Crippen LogP contribution in [0.25, 0.3) is 0 Å². The van der Waals surface area contributed by atoms with Gasteiger partial charge >= 0.3 is 0 Å². The van der Waals surface area contributed by atoms with Gasteiger partial charge in [0.2, 0.25) is 0 Å². The van der Waals surface area contributed by atoms with Gasteiger partial charge in [-0.25, -0.2) is 9.97 Å². The van der Waals surface area contributed by atoms with Gasteiger partial charge in [0.05, 0.1) is 32.3 Å².